The molecule has 4 nitrogen and oxygen atoms in total. The number of amides is 1. The van der Waals surface area contributed by atoms with Crippen LogP contribution in [0.4, 0.5) is 5.69 Å². The number of nitrogens with one attached hydrogen (secondary N) is 2. The van der Waals surface area contributed by atoms with E-state index in [4.69, 9.17) is 0 Å². The highest BCUT2D eigenvalue weighted by Crippen LogP contribution is 2.24. The van der Waals surface area contributed by atoms with E-state index in [1.165, 1.54) is 0 Å². The highest BCUT2D eigenvalue weighted by molar-refractivity contribution is 7.98. The number of para-hydroxylation sites is 1. The standard InChI is InChI=1S/C14H21N3OS/c1-3-17(11-8-15-9-11)10-14(18)16-12-6-4-5-7-13(12)19-2/h4-7,11,15H,3,8-10H2,1-2H3,(H,16,18). The third-order valence-corrected chi connectivity index (χ3v) is 4.21. The molecule has 2 rings (SSSR count). The van der Waals surface area contributed by atoms with Crippen LogP contribution >= 0.6 is 11.8 Å². The highest BCUT2D eigenvalue weighted by atomic mass is 32.2. The van der Waals surface area contributed by atoms with Gasteiger partial charge in [-0.25, -0.2) is 0 Å². The average molecular weight is 279 g/mol. The van der Waals surface area contributed by atoms with Crippen LogP contribution in [0.3, 0.4) is 0 Å². The van der Waals surface area contributed by atoms with E-state index in [0.29, 0.717) is 12.6 Å². The summed E-state index contributed by atoms with van der Waals surface area (Å²) in [6, 6.07) is 8.41. The van der Waals surface area contributed by atoms with Gasteiger partial charge in [0.2, 0.25) is 5.91 Å². The molecule has 1 saturated heterocycles. The van der Waals surface area contributed by atoms with Crippen molar-refractivity contribution in [1.29, 1.82) is 0 Å². The SMILES string of the molecule is CCN(CC(=O)Nc1ccccc1SC)C1CNC1. The Bertz CT molecular complexity index is 434. The van der Waals surface area contributed by atoms with Crippen molar-refractivity contribution in [2.75, 3.05) is 37.8 Å². The van der Waals surface area contributed by atoms with Crippen molar-refractivity contribution in [2.24, 2.45) is 0 Å². The maximum absolute atomic E-state index is 12.1. The minimum Gasteiger partial charge on any atom is -0.324 e. The number of nitrogens with zero attached hydrogens (tertiary/aromatic N) is 1. The molecule has 0 spiro atoms. The van der Waals surface area contributed by atoms with Crippen LogP contribution in [0, 0.1) is 0 Å². The zero-order valence-electron chi connectivity index (χ0n) is 11.5. The van der Waals surface area contributed by atoms with Gasteiger partial charge in [0.1, 0.15) is 0 Å². The minimum atomic E-state index is 0.0650. The molecule has 0 bridgehead atoms. The first-order chi connectivity index (χ1) is 9.24. The van der Waals surface area contributed by atoms with Crippen LogP contribution in [0.15, 0.2) is 29.2 Å². The molecular formula is C14H21N3OS. The molecule has 1 amide bonds. The van der Waals surface area contributed by atoms with E-state index in [1.807, 2.05) is 30.5 Å². The quantitative estimate of drug-likeness (QED) is 0.777. The molecule has 1 heterocycles. The van der Waals surface area contributed by atoms with Crippen molar-refractivity contribution in [3.63, 3.8) is 0 Å². The second-order valence-corrected chi connectivity index (χ2v) is 5.47. The Labute approximate surface area is 118 Å². The van der Waals surface area contributed by atoms with Crippen LogP contribution in [0.2, 0.25) is 0 Å². The predicted octanol–water partition coefficient (Wildman–Crippen LogP) is 1.64. The van der Waals surface area contributed by atoms with Gasteiger partial charge in [0, 0.05) is 24.0 Å². The Kier molecular flexibility index (Phi) is 5.24. The van der Waals surface area contributed by atoms with E-state index >= 15 is 0 Å². The number of hydrogen-bond donors (Lipinski definition) is 2. The Balaban J connectivity index is 1.92. The monoisotopic (exact) mass is 279 g/mol. The van der Waals surface area contributed by atoms with Crippen LogP contribution in [0.5, 0.6) is 0 Å². The molecule has 1 fully saturated rings. The van der Waals surface area contributed by atoms with Crippen molar-refractivity contribution in [3.8, 4) is 0 Å². The summed E-state index contributed by atoms with van der Waals surface area (Å²) < 4.78 is 0. The zero-order valence-corrected chi connectivity index (χ0v) is 12.3. The summed E-state index contributed by atoms with van der Waals surface area (Å²) in [7, 11) is 0. The number of benzene rings is 1. The van der Waals surface area contributed by atoms with Gasteiger partial charge >= 0.3 is 0 Å². The first kappa shape index (κ1) is 14.4. The lowest BCUT2D eigenvalue weighted by atomic mass is 10.1. The number of carbonyl (C=O) groups excluding carboxylic acids is 1. The smallest absolute Gasteiger partial charge is 0.238 e. The Morgan fingerprint density at radius 1 is 1.47 bits per heavy atom. The summed E-state index contributed by atoms with van der Waals surface area (Å²) in [5.41, 5.74) is 0.905. The van der Waals surface area contributed by atoms with Gasteiger partial charge in [-0.1, -0.05) is 19.1 Å². The average Bonchev–Trinajstić information content (AvgIpc) is 2.36. The van der Waals surface area contributed by atoms with E-state index in [-0.39, 0.29) is 5.91 Å². The van der Waals surface area contributed by atoms with Crippen LogP contribution in [0.25, 0.3) is 0 Å². The molecule has 1 aromatic rings. The molecule has 1 aromatic carbocycles. The second kappa shape index (κ2) is 6.93. The van der Waals surface area contributed by atoms with E-state index < -0.39 is 0 Å². The van der Waals surface area contributed by atoms with E-state index in [2.05, 4.69) is 22.5 Å². The number of rotatable bonds is 6. The van der Waals surface area contributed by atoms with Gasteiger partial charge in [0.25, 0.3) is 0 Å². The minimum absolute atomic E-state index is 0.0650. The molecule has 5 heteroatoms. The number of anilines is 1. The maximum atomic E-state index is 12.1. The fourth-order valence-corrected chi connectivity index (χ4v) is 2.71. The Morgan fingerprint density at radius 2 is 2.21 bits per heavy atom. The van der Waals surface area contributed by atoms with Gasteiger partial charge in [-0.15, -0.1) is 11.8 Å². The molecule has 2 N–H and O–H groups in total. The fraction of sp³-hybridized carbons (Fsp3) is 0.500. The lowest BCUT2D eigenvalue weighted by Gasteiger charge is -2.37. The molecule has 0 saturated carbocycles. The molecule has 0 atom stereocenters. The zero-order chi connectivity index (χ0) is 13.7. The Morgan fingerprint density at radius 3 is 2.79 bits per heavy atom. The van der Waals surface area contributed by atoms with Crippen LogP contribution in [-0.4, -0.2) is 49.3 Å². The van der Waals surface area contributed by atoms with Crippen LogP contribution in [-0.2, 0) is 4.79 Å². The highest BCUT2D eigenvalue weighted by Gasteiger charge is 2.24. The van der Waals surface area contributed by atoms with E-state index in [0.717, 1.165) is 30.2 Å². The third kappa shape index (κ3) is 3.72. The molecule has 0 aromatic heterocycles. The summed E-state index contributed by atoms with van der Waals surface area (Å²) in [5, 5.41) is 6.25. The molecule has 0 radical (unpaired) electrons. The lowest BCUT2D eigenvalue weighted by Crippen LogP contribution is -2.58. The first-order valence-corrected chi connectivity index (χ1v) is 7.84. The number of likely N-dealkylation sites (N-methyl/N-ethyl adjacent to an activating group) is 1. The normalized spacial score (nSPS) is 15.3. The summed E-state index contributed by atoms with van der Waals surface area (Å²) in [6.45, 7) is 5.45. The number of thioether (sulfide) groups is 1. The lowest BCUT2D eigenvalue weighted by molar-refractivity contribution is -0.118. The van der Waals surface area contributed by atoms with Gasteiger partial charge in [-0.3, -0.25) is 9.69 Å². The van der Waals surface area contributed by atoms with Gasteiger partial charge in [-0.2, -0.15) is 0 Å². The predicted molar refractivity (Wildman–Crippen MR) is 80.8 cm³/mol. The van der Waals surface area contributed by atoms with Crippen molar-refractivity contribution < 1.29 is 4.79 Å². The van der Waals surface area contributed by atoms with Crippen molar-refractivity contribution in [1.82, 2.24) is 10.2 Å². The fourth-order valence-electron chi connectivity index (χ4n) is 2.15. The van der Waals surface area contributed by atoms with Gasteiger partial charge in [-0.05, 0) is 24.9 Å². The van der Waals surface area contributed by atoms with E-state index in [9.17, 15) is 4.79 Å². The molecule has 0 aliphatic carbocycles. The number of hydrogen-bond acceptors (Lipinski definition) is 4. The molecule has 1 aliphatic heterocycles. The molecule has 0 unspecified atom stereocenters. The molecular weight excluding hydrogens is 258 g/mol. The van der Waals surface area contributed by atoms with Crippen molar-refractivity contribution in [2.45, 2.75) is 17.9 Å². The van der Waals surface area contributed by atoms with Crippen LogP contribution < -0.4 is 10.6 Å². The largest absolute Gasteiger partial charge is 0.324 e. The maximum Gasteiger partial charge on any atom is 0.238 e. The van der Waals surface area contributed by atoms with Crippen molar-refractivity contribution >= 4 is 23.4 Å². The first-order valence-electron chi connectivity index (χ1n) is 6.62. The summed E-state index contributed by atoms with van der Waals surface area (Å²) in [4.78, 5) is 15.4. The van der Waals surface area contributed by atoms with Gasteiger partial charge in [0.05, 0.1) is 12.2 Å². The summed E-state index contributed by atoms with van der Waals surface area (Å²) in [5.74, 6) is 0.0650. The second-order valence-electron chi connectivity index (χ2n) is 4.62. The van der Waals surface area contributed by atoms with Gasteiger partial charge in [0.15, 0.2) is 0 Å². The summed E-state index contributed by atoms with van der Waals surface area (Å²) in [6.07, 6.45) is 2.02. The van der Waals surface area contributed by atoms with Crippen LogP contribution in [0.1, 0.15) is 6.92 Å². The van der Waals surface area contributed by atoms with Crippen molar-refractivity contribution in [3.05, 3.63) is 24.3 Å². The number of carbonyl (C=O) groups is 1. The molecule has 104 valence electrons. The van der Waals surface area contributed by atoms with Gasteiger partial charge < -0.3 is 10.6 Å². The molecule has 19 heavy (non-hydrogen) atoms. The third-order valence-electron chi connectivity index (χ3n) is 3.41. The topological polar surface area (TPSA) is 44.4 Å². The molecule has 1 aliphatic rings. The Hall–Kier alpha value is -1.04. The summed E-state index contributed by atoms with van der Waals surface area (Å²) >= 11 is 1.65. The van der Waals surface area contributed by atoms with E-state index in [1.54, 1.807) is 11.8 Å².